The van der Waals surface area contributed by atoms with Crippen LogP contribution in [0.3, 0.4) is 0 Å². The zero-order valence-corrected chi connectivity index (χ0v) is 15.9. The van der Waals surface area contributed by atoms with Crippen LogP contribution < -0.4 is 14.2 Å². The molecule has 0 saturated heterocycles. The maximum Gasteiger partial charge on any atom is 0.204 e. The summed E-state index contributed by atoms with van der Waals surface area (Å²) in [4.78, 5) is 14.9. The summed E-state index contributed by atoms with van der Waals surface area (Å²) >= 11 is 0. The zero-order chi connectivity index (χ0) is 18.8. The van der Waals surface area contributed by atoms with Crippen LogP contribution in [0.1, 0.15) is 34.5 Å². The number of carbonyl (C=O) groups excluding carboxylic acids is 1. The van der Waals surface area contributed by atoms with Gasteiger partial charge in [0.05, 0.1) is 14.2 Å². The molecule has 2 unspecified atom stereocenters. The monoisotopic (exact) mass is 355 g/mol. The fourth-order valence-corrected chi connectivity index (χ4v) is 3.17. The van der Waals surface area contributed by atoms with Gasteiger partial charge in [0, 0.05) is 18.0 Å². The average Bonchev–Trinajstić information content (AvgIpc) is 2.95. The molecule has 0 fully saturated rings. The van der Waals surface area contributed by atoms with E-state index in [1.807, 2.05) is 44.4 Å². The van der Waals surface area contributed by atoms with E-state index in [0.717, 1.165) is 5.56 Å². The minimum atomic E-state index is -0.515. The van der Waals surface area contributed by atoms with Gasteiger partial charge in [0.2, 0.25) is 5.78 Å². The van der Waals surface area contributed by atoms with Gasteiger partial charge in [-0.2, -0.15) is 0 Å². The Morgan fingerprint density at radius 2 is 1.65 bits per heavy atom. The van der Waals surface area contributed by atoms with Gasteiger partial charge in [-0.05, 0) is 56.4 Å². The van der Waals surface area contributed by atoms with Crippen LogP contribution in [-0.4, -0.2) is 45.1 Å². The molecule has 138 valence electrons. The van der Waals surface area contributed by atoms with Crippen molar-refractivity contribution in [2.24, 2.45) is 0 Å². The van der Waals surface area contributed by atoms with E-state index in [2.05, 4.69) is 11.8 Å². The number of hydrogen-bond donors (Lipinski definition) is 0. The number of Topliss-reactive ketones (excluding diaryl/α,β-unsaturated/α-hetero) is 1. The lowest BCUT2D eigenvalue weighted by Gasteiger charge is -2.20. The largest absolute Gasteiger partial charge is 0.493 e. The molecule has 26 heavy (non-hydrogen) atoms. The quantitative estimate of drug-likeness (QED) is 0.794. The summed E-state index contributed by atoms with van der Waals surface area (Å²) < 4.78 is 16.6. The highest BCUT2D eigenvalue weighted by molar-refractivity contribution is 6.04. The summed E-state index contributed by atoms with van der Waals surface area (Å²) in [5.41, 5.74) is 2.78. The normalized spacial score (nSPS) is 17.2. The molecule has 3 rings (SSSR count). The zero-order valence-electron chi connectivity index (χ0n) is 15.9. The van der Waals surface area contributed by atoms with Crippen molar-refractivity contribution >= 4 is 5.78 Å². The van der Waals surface area contributed by atoms with Crippen LogP contribution in [0.4, 0.5) is 0 Å². The van der Waals surface area contributed by atoms with E-state index in [0.29, 0.717) is 35.3 Å². The summed E-state index contributed by atoms with van der Waals surface area (Å²) in [5, 5.41) is 0. The summed E-state index contributed by atoms with van der Waals surface area (Å²) in [6, 6.07) is 11.8. The molecule has 2 aromatic carbocycles. The molecule has 0 saturated carbocycles. The van der Waals surface area contributed by atoms with Gasteiger partial charge in [-0.25, -0.2) is 0 Å². The Morgan fingerprint density at radius 1 is 1.04 bits per heavy atom. The number of carbonyl (C=O) groups is 1. The maximum absolute atomic E-state index is 12.7. The highest BCUT2D eigenvalue weighted by atomic mass is 16.5. The number of hydrogen-bond acceptors (Lipinski definition) is 5. The van der Waals surface area contributed by atoms with Crippen LogP contribution in [-0.2, 0) is 6.42 Å². The second-order valence-corrected chi connectivity index (χ2v) is 6.75. The fraction of sp³-hybridized carbons (Fsp3) is 0.381. The first kappa shape index (κ1) is 18.3. The fourth-order valence-electron chi connectivity index (χ4n) is 3.17. The molecule has 0 amide bonds. The van der Waals surface area contributed by atoms with Crippen molar-refractivity contribution in [3.63, 3.8) is 0 Å². The van der Waals surface area contributed by atoms with Crippen molar-refractivity contribution in [1.82, 2.24) is 4.90 Å². The van der Waals surface area contributed by atoms with Crippen molar-refractivity contribution in [2.45, 2.75) is 25.5 Å². The maximum atomic E-state index is 12.7. The Kier molecular flexibility index (Phi) is 5.18. The van der Waals surface area contributed by atoms with E-state index in [1.54, 1.807) is 20.3 Å². The molecule has 5 nitrogen and oxygen atoms in total. The van der Waals surface area contributed by atoms with E-state index >= 15 is 0 Å². The summed E-state index contributed by atoms with van der Waals surface area (Å²) in [5.74, 6) is 1.86. The van der Waals surface area contributed by atoms with Gasteiger partial charge in [0.1, 0.15) is 5.75 Å². The molecule has 0 spiro atoms. The summed E-state index contributed by atoms with van der Waals surface area (Å²) in [7, 11) is 7.25. The smallest absolute Gasteiger partial charge is 0.204 e. The Morgan fingerprint density at radius 3 is 2.23 bits per heavy atom. The lowest BCUT2D eigenvalue weighted by Crippen LogP contribution is -2.23. The summed E-state index contributed by atoms with van der Waals surface area (Å²) in [6.07, 6.45) is 0.0172. The van der Waals surface area contributed by atoms with Crippen LogP contribution in [0, 0.1) is 0 Å². The molecule has 0 radical (unpaired) electrons. The Labute approximate surface area is 154 Å². The highest BCUT2D eigenvalue weighted by Gasteiger charge is 2.33. The van der Waals surface area contributed by atoms with Gasteiger partial charge >= 0.3 is 0 Å². The predicted molar refractivity (Wildman–Crippen MR) is 101 cm³/mol. The van der Waals surface area contributed by atoms with Crippen LogP contribution in [0.25, 0.3) is 0 Å². The second-order valence-electron chi connectivity index (χ2n) is 6.75. The van der Waals surface area contributed by atoms with Crippen molar-refractivity contribution in [3.8, 4) is 17.2 Å². The number of ketones is 1. The molecular weight excluding hydrogens is 330 g/mol. The van der Waals surface area contributed by atoms with E-state index in [9.17, 15) is 4.79 Å². The lowest BCUT2D eigenvalue weighted by atomic mass is 10.1. The van der Waals surface area contributed by atoms with E-state index in [4.69, 9.17) is 14.2 Å². The first-order chi connectivity index (χ1) is 12.4. The number of ether oxygens (including phenoxy) is 3. The standard InChI is InChI=1S/C21H25NO4/c1-13(22(2)3)14-6-8-16(9-7-14)26-20-11-15-10-18(24-4)19(25-5)12-17(15)21(20)23/h6-10,12-13,20H,11H2,1-5H3. The molecule has 2 atom stereocenters. The van der Waals surface area contributed by atoms with Crippen molar-refractivity contribution < 1.29 is 19.0 Å². The van der Waals surface area contributed by atoms with Crippen LogP contribution >= 0.6 is 0 Å². The van der Waals surface area contributed by atoms with Gasteiger partial charge in [-0.15, -0.1) is 0 Å². The first-order valence-corrected chi connectivity index (χ1v) is 8.66. The van der Waals surface area contributed by atoms with Crippen LogP contribution in [0.15, 0.2) is 36.4 Å². The Bertz CT molecular complexity index is 798. The van der Waals surface area contributed by atoms with Gasteiger partial charge in [0.15, 0.2) is 17.6 Å². The number of fused-ring (bicyclic) bond motifs is 1. The molecule has 2 aromatic rings. The van der Waals surface area contributed by atoms with E-state index < -0.39 is 6.10 Å². The lowest BCUT2D eigenvalue weighted by molar-refractivity contribution is 0.0821. The molecule has 0 N–H and O–H groups in total. The van der Waals surface area contributed by atoms with Gasteiger partial charge in [0.25, 0.3) is 0 Å². The SMILES string of the molecule is COc1cc2c(cc1OC)C(=O)C(Oc1ccc(C(C)N(C)C)cc1)C2. The van der Waals surface area contributed by atoms with Crippen LogP contribution in [0.2, 0.25) is 0 Å². The van der Waals surface area contributed by atoms with Gasteiger partial charge in [-0.3, -0.25) is 4.79 Å². The predicted octanol–water partition coefficient (Wildman–Crippen LogP) is 3.51. The van der Waals surface area contributed by atoms with E-state index in [-0.39, 0.29) is 5.78 Å². The Hall–Kier alpha value is -2.53. The number of methoxy groups -OCH3 is 2. The third-order valence-electron chi connectivity index (χ3n) is 4.99. The topological polar surface area (TPSA) is 48.0 Å². The van der Waals surface area contributed by atoms with Gasteiger partial charge < -0.3 is 19.1 Å². The molecule has 5 heteroatoms. The number of nitrogens with zero attached hydrogens (tertiary/aromatic N) is 1. The summed E-state index contributed by atoms with van der Waals surface area (Å²) in [6.45, 7) is 2.15. The molecular formula is C21H25NO4. The van der Waals surface area contributed by atoms with Gasteiger partial charge in [-0.1, -0.05) is 12.1 Å². The molecule has 0 heterocycles. The molecule has 1 aliphatic carbocycles. The number of benzene rings is 2. The van der Waals surface area contributed by atoms with Crippen LogP contribution in [0.5, 0.6) is 17.2 Å². The number of rotatable bonds is 6. The highest BCUT2D eigenvalue weighted by Crippen LogP contribution is 2.36. The van der Waals surface area contributed by atoms with Crippen molar-refractivity contribution in [3.05, 3.63) is 53.1 Å². The van der Waals surface area contributed by atoms with E-state index in [1.165, 1.54) is 5.56 Å². The second kappa shape index (κ2) is 7.38. The third kappa shape index (κ3) is 3.40. The minimum Gasteiger partial charge on any atom is -0.493 e. The first-order valence-electron chi connectivity index (χ1n) is 8.66. The average molecular weight is 355 g/mol. The Balaban J connectivity index is 1.76. The third-order valence-corrected chi connectivity index (χ3v) is 4.99. The molecule has 0 aromatic heterocycles. The molecule has 1 aliphatic rings. The van der Waals surface area contributed by atoms with Crippen molar-refractivity contribution in [2.75, 3.05) is 28.3 Å². The molecule has 0 aliphatic heterocycles. The minimum absolute atomic E-state index is 0.0216. The van der Waals surface area contributed by atoms with Crippen molar-refractivity contribution in [1.29, 1.82) is 0 Å². The molecule has 0 bridgehead atoms.